The maximum Gasteiger partial charge on any atom is 0.00819 e. The van der Waals surface area contributed by atoms with Crippen LogP contribution in [0.4, 0.5) is 0 Å². The second-order valence-corrected chi connectivity index (χ2v) is 3.30. The van der Waals surface area contributed by atoms with E-state index in [2.05, 4.69) is 18.7 Å². The average molecular weight is 142 g/mol. The lowest BCUT2D eigenvalue weighted by Crippen LogP contribution is -2.51. The highest BCUT2D eigenvalue weighted by Gasteiger charge is 2.26. The molecular weight excluding hydrogens is 124 g/mol. The first-order valence-electron chi connectivity index (χ1n) is 4.21. The van der Waals surface area contributed by atoms with Gasteiger partial charge in [-0.05, 0) is 33.2 Å². The van der Waals surface area contributed by atoms with Gasteiger partial charge in [-0.3, -0.25) is 4.90 Å². The van der Waals surface area contributed by atoms with E-state index in [9.17, 15) is 0 Å². The third-order valence-electron chi connectivity index (χ3n) is 2.52. The second-order valence-electron chi connectivity index (χ2n) is 3.30. The van der Waals surface area contributed by atoms with Crippen LogP contribution in [0.15, 0.2) is 0 Å². The molecule has 1 aliphatic rings. The predicted molar refractivity (Wildman–Crippen MR) is 43.9 cm³/mol. The Morgan fingerprint density at radius 1 is 1.70 bits per heavy atom. The van der Waals surface area contributed by atoms with Gasteiger partial charge in [0.15, 0.2) is 0 Å². The zero-order valence-corrected chi connectivity index (χ0v) is 7.01. The van der Waals surface area contributed by atoms with E-state index in [1.54, 1.807) is 0 Å². The molecule has 1 rings (SSSR count). The molecule has 0 saturated carbocycles. The number of likely N-dealkylation sites (tertiary alicyclic amines) is 1. The first kappa shape index (κ1) is 8.02. The Labute approximate surface area is 63.4 Å². The molecule has 1 heterocycles. The molecule has 0 amide bonds. The van der Waals surface area contributed by atoms with E-state index in [1.807, 2.05) is 0 Å². The van der Waals surface area contributed by atoms with Gasteiger partial charge in [-0.15, -0.1) is 0 Å². The van der Waals surface area contributed by atoms with Crippen LogP contribution in [-0.2, 0) is 0 Å². The van der Waals surface area contributed by atoms with Crippen LogP contribution in [0, 0.1) is 0 Å². The maximum atomic E-state index is 5.46. The Bertz CT molecular complexity index is 103. The van der Waals surface area contributed by atoms with Crippen molar-refractivity contribution in [1.82, 2.24) is 4.90 Å². The molecule has 2 N–H and O–H groups in total. The molecule has 0 aromatic carbocycles. The molecule has 0 aliphatic carbocycles. The van der Waals surface area contributed by atoms with Gasteiger partial charge in [0.1, 0.15) is 0 Å². The third-order valence-corrected chi connectivity index (χ3v) is 2.52. The molecule has 60 valence electrons. The third kappa shape index (κ3) is 1.50. The van der Waals surface area contributed by atoms with Crippen molar-refractivity contribution in [2.24, 2.45) is 5.73 Å². The first-order valence-corrected chi connectivity index (χ1v) is 4.21. The van der Waals surface area contributed by atoms with Crippen LogP contribution in [0.1, 0.15) is 26.7 Å². The molecule has 0 bridgehead atoms. The number of rotatable bonds is 3. The molecule has 1 fully saturated rings. The molecular formula is C8H18N2. The van der Waals surface area contributed by atoms with Crippen LogP contribution in [0.25, 0.3) is 0 Å². The van der Waals surface area contributed by atoms with Crippen molar-refractivity contribution in [2.75, 3.05) is 13.1 Å². The summed E-state index contributed by atoms with van der Waals surface area (Å²) in [5.41, 5.74) is 5.46. The molecule has 0 spiro atoms. The van der Waals surface area contributed by atoms with Gasteiger partial charge in [-0.1, -0.05) is 0 Å². The van der Waals surface area contributed by atoms with Gasteiger partial charge in [0, 0.05) is 18.6 Å². The van der Waals surface area contributed by atoms with E-state index in [1.165, 1.54) is 13.0 Å². The zero-order chi connectivity index (χ0) is 7.56. The minimum Gasteiger partial charge on any atom is -0.330 e. The van der Waals surface area contributed by atoms with E-state index in [4.69, 9.17) is 5.73 Å². The van der Waals surface area contributed by atoms with Crippen molar-refractivity contribution in [3.8, 4) is 0 Å². The van der Waals surface area contributed by atoms with Gasteiger partial charge in [0.25, 0.3) is 0 Å². The van der Waals surface area contributed by atoms with Gasteiger partial charge in [-0.25, -0.2) is 0 Å². The maximum absolute atomic E-state index is 5.46. The fourth-order valence-corrected chi connectivity index (χ4v) is 1.60. The summed E-state index contributed by atoms with van der Waals surface area (Å²) >= 11 is 0. The van der Waals surface area contributed by atoms with E-state index >= 15 is 0 Å². The average Bonchev–Trinajstić information content (AvgIpc) is 1.85. The zero-order valence-electron chi connectivity index (χ0n) is 7.01. The molecule has 0 aromatic rings. The number of hydrogen-bond donors (Lipinski definition) is 1. The Balaban J connectivity index is 2.20. The summed E-state index contributed by atoms with van der Waals surface area (Å²) in [4.78, 5) is 2.52. The van der Waals surface area contributed by atoms with Crippen LogP contribution >= 0.6 is 0 Å². The van der Waals surface area contributed by atoms with E-state index in [-0.39, 0.29) is 0 Å². The van der Waals surface area contributed by atoms with E-state index < -0.39 is 0 Å². The molecule has 0 aromatic heterocycles. The van der Waals surface area contributed by atoms with Gasteiger partial charge in [-0.2, -0.15) is 0 Å². The topological polar surface area (TPSA) is 29.3 Å². The van der Waals surface area contributed by atoms with Gasteiger partial charge >= 0.3 is 0 Å². The minimum absolute atomic E-state index is 0.703. The Morgan fingerprint density at radius 3 is 2.70 bits per heavy atom. The summed E-state index contributed by atoms with van der Waals surface area (Å²) in [6, 6.07) is 1.51. The van der Waals surface area contributed by atoms with Gasteiger partial charge in [0.2, 0.25) is 0 Å². The number of nitrogens with zero attached hydrogens (tertiary/aromatic N) is 1. The normalized spacial score (nSPS) is 29.7. The molecule has 2 atom stereocenters. The Kier molecular flexibility index (Phi) is 2.69. The van der Waals surface area contributed by atoms with Crippen LogP contribution in [-0.4, -0.2) is 30.1 Å². The minimum atomic E-state index is 0.703. The van der Waals surface area contributed by atoms with E-state index in [0.29, 0.717) is 6.04 Å². The molecule has 1 aliphatic heterocycles. The summed E-state index contributed by atoms with van der Waals surface area (Å²) < 4.78 is 0. The van der Waals surface area contributed by atoms with Crippen LogP contribution < -0.4 is 5.73 Å². The fraction of sp³-hybridized carbons (Fsp3) is 1.00. The molecule has 2 unspecified atom stereocenters. The lowest BCUT2D eigenvalue weighted by Gasteiger charge is -2.43. The summed E-state index contributed by atoms with van der Waals surface area (Å²) in [6.45, 7) is 6.66. The van der Waals surface area contributed by atoms with Crippen molar-refractivity contribution in [3.05, 3.63) is 0 Å². The first-order chi connectivity index (χ1) is 4.75. The molecule has 2 nitrogen and oxygen atoms in total. The predicted octanol–water partition coefficient (Wildman–Crippen LogP) is 0.818. The Morgan fingerprint density at radius 2 is 2.40 bits per heavy atom. The van der Waals surface area contributed by atoms with Crippen LogP contribution in [0.5, 0.6) is 0 Å². The van der Waals surface area contributed by atoms with Crippen molar-refractivity contribution < 1.29 is 0 Å². The molecule has 2 heteroatoms. The molecule has 10 heavy (non-hydrogen) atoms. The number of hydrogen-bond acceptors (Lipinski definition) is 2. The summed E-state index contributed by atoms with van der Waals surface area (Å²) in [5, 5.41) is 0. The van der Waals surface area contributed by atoms with Crippen LogP contribution in [0.2, 0.25) is 0 Å². The summed E-state index contributed by atoms with van der Waals surface area (Å²) in [5.74, 6) is 0. The monoisotopic (exact) mass is 142 g/mol. The summed E-state index contributed by atoms with van der Waals surface area (Å²) in [6.07, 6.45) is 2.51. The van der Waals surface area contributed by atoms with Gasteiger partial charge < -0.3 is 5.73 Å². The standard InChI is InChI=1S/C8H18N2/c1-7(3-5-9)10-6-4-8(10)2/h7-8H,3-6,9H2,1-2H3. The lowest BCUT2D eigenvalue weighted by atomic mass is 10.0. The smallest absolute Gasteiger partial charge is 0.00819 e. The SMILES string of the molecule is CC(CCN)N1CCC1C. The lowest BCUT2D eigenvalue weighted by molar-refractivity contribution is 0.0580. The highest BCUT2D eigenvalue weighted by atomic mass is 15.2. The fourth-order valence-electron chi connectivity index (χ4n) is 1.60. The molecule has 0 radical (unpaired) electrons. The highest BCUT2D eigenvalue weighted by molar-refractivity contribution is 4.82. The van der Waals surface area contributed by atoms with Crippen molar-refractivity contribution >= 4 is 0 Å². The number of nitrogens with two attached hydrogens (primary N) is 1. The highest BCUT2D eigenvalue weighted by Crippen LogP contribution is 2.20. The Hall–Kier alpha value is -0.0800. The second kappa shape index (κ2) is 3.35. The quantitative estimate of drug-likeness (QED) is 0.632. The van der Waals surface area contributed by atoms with Gasteiger partial charge in [0.05, 0.1) is 0 Å². The van der Waals surface area contributed by atoms with Crippen molar-refractivity contribution in [1.29, 1.82) is 0 Å². The van der Waals surface area contributed by atoms with Crippen molar-refractivity contribution in [2.45, 2.75) is 38.8 Å². The van der Waals surface area contributed by atoms with Crippen LogP contribution in [0.3, 0.4) is 0 Å². The molecule has 1 saturated heterocycles. The van der Waals surface area contributed by atoms with Crippen molar-refractivity contribution in [3.63, 3.8) is 0 Å². The largest absolute Gasteiger partial charge is 0.330 e. The van der Waals surface area contributed by atoms with E-state index in [0.717, 1.165) is 19.0 Å². The summed E-state index contributed by atoms with van der Waals surface area (Å²) in [7, 11) is 0.